The number of benzene rings is 2. The molecule has 1 aliphatic heterocycles. The van der Waals surface area contributed by atoms with Crippen LogP contribution in [-0.4, -0.2) is 7.11 Å². The molecule has 2 heterocycles. The van der Waals surface area contributed by atoms with Crippen molar-refractivity contribution in [3.05, 3.63) is 48.7 Å². The van der Waals surface area contributed by atoms with Gasteiger partial charge >= 0.3 is 0 Å². The lowest BCUT2D eigenvalue weighted by Gasteiger charge is -2.21. The molecule has 0 spiro atoms. The molecule has 1 aromatic heterocycles. The van der Waals surface area contributed by atoms with Crippen LogP contribution in [0.2, 0.25) is 0 Å². The number of nitrogens with zero attached hydrogens (tertiary/aromatic N) is 1. The molecule has 0 aliphatic carbocycles. The lowest BCUT2D eigenvalue weighted by molar-refractivity contribution is -0.646. The fourth-order valence-electron chi connectivity index (χ4n) is 2.72. The SMILES string of the molecule is COc1ccc2c(c1)Nc1c(c[n+](C)c3ccccc13)S2. The molecule has 0 radical (unpaired) electrons. The lowest BCUT2D eigenvalue weighted by atomic mass is 10.1. The van der Waals surface area contributed by atoms with Crippen LogP contribution in [0.25, 0.3) is 10.9 Å². The van der Waals surface area contributed by atoms with Gasteiger partial charge in [0, 0.05) is 17.0 Å². The number of aromatic nitrogens is 1. The molecule has 0 bridgehead atoms. The molecule has 0 amide bonds. The Hall–Kier alpha value is -2.20. The van der Waals surface area contributed by atoms with E-state index in [4.69, 9.17) is 4.74 Å². The summed E-state index contributed by atoms with van der Waals surface area (Å²) in [7, 11) is 3.79. The Kier molecular flexibility index (Phi) is 2.79. The number of fused-ring (bicyclic) bond motifs is 4. The summed E-state index contributed by atoms with van der Waals surface area (Å²) < 4.78 is 7.50. The normalized spacial score (nSPS) is 12.5. The van der Waals surface area contributed by atoms with Crippen molar-refractivity contribution in [3.63, 3.8) is 0 Å². The fourth-order valence-corrected chi connectivity index (χ4v) is 3.78. The highest BCUT2D eigenvalue weighted by atomic mass is 32.2. The van der Waals surface area contributed by atoms with Crippen molar-refractivity contribution in [1.29, 1.82) is 0 Å². The van der Waals surface area contributed by atoms with Gasteiger partial charge in [-0.1, -0.05) is 23.9 Å². The number of hydrogen-bond acceptors (Lipinski definition) is 3. The second kappa shape index (κ2) is 4.67. The molecule has 0 saturated carbocycles. The van der Waals surface area contributed by atoms with Crippen molar-refractivity contribution in [2.45, 2.75) is 9.79 Å². The standard InChI is InChI=1S/C17H14N2OS/c1-19-10-16-17(12-5-3-4-6-14(12)19)18-13-9-11(20-2)7-8-15(13)21-16/h3-10H,1-2H3/p+1. The molecule has 4 heteroatoms. The first kappa shape index (κ1) is 12.5. The smallest absolute Gasteiger partial charge is 0.214 e. The minimum Gasteiger partial charge on any atom is -0.497 e. The number of pyridine rings is 1. The molecule has 21 heavy (non-hydrogen) atoms. The molecule has 2 aromatic carbocycles. The first-order valence-corrected chi connectivity index (χ1v) is 7.62. The van der Waals surface area contributed by atoms with E-state index in [1.165, 1.54) is 26.4 Å². The second-order valence-electron chi connectivity index (χ2n) is 5.09. The molecular weight excluding hydrogens is 280 g/mol. The number of para-hydroxylation sites is 1. The van der Waals surface area contributed by atoms with Gasteiger partial charge in [0.15, 0.2) is 6.20 Å². The third kappa shape index (κ3) is 1.94. The number of nitrogens with one attached hydrogen (secondary N) is 1. The predicted octanol–water partition coefficient (Wildman–Crippen LogP) is 3.88. The summed E-state index contributed by atoms with van der Waals surface area (Å²) in [5, 5.41) is 4.81. The van der Waals surface area contributed by atoms with E-state index in [1.54, 1.807) is 18.9 Å². The molecule has 3 aromatic rings. The van der Waals surface area contributed by atoms with E-state index in [0.717, 1.165) is 11.4 Å². The molecule has 104 valence electrons. The van der Waals surface area contributed by atoms with Crippen LogP contribution >= 0.6 is 11.8 Å². The number of rotatable bonds is 1. The van der Waals surface area contributed by atoms with Crippen molar-refractivity contribution in [2.75, 3.05) is 12.4 Å². The van der Waals surface area contributed by atoms with Crippen LogP contribution in [0.5, 0.6) is 5.75 Å². The van der Waals surface area contributed by atoms with Gasteiger partial charge in [0.2, 0.25) is 5.52 Å². The quantitative estimate of drug-likeness (QED) is 0.539. The van der Waals surface area contributed by atoms with Crippen LogP contribution in [0.4, 0.5) is 11.4 Å². The minimum absolute atomic E-state index is 0.871. The van der Waals surface area contributed by atoms with E-state index >= 15 is 0 Å². The summed E-state index contributed by atoms with van der Waals surface area (Å²) in [6.45, 7) is 0. The maximum Gasteiger partial charge on any atom is 0.214 e. The molecule has 0 atom stereocenters. The maximum absolute atomic E-state index is 5.32. The van der Waals surface area contributed by atoms with E-state index in [1.807, 2.05) is 12.1 Å². The molecule has 4 rings (SSSR count). The van der Waals surface area contributed by atoms with Crippen LogP contribution < -0.4 is 14.6 Å². The molecular formula is C17H15N2OS+. The Morgan fingerprint density at radius 1 is 1.10 bits per heavy atom. The third-order valence-corrected chi connectivity index (χ3v) is 4.88. The van der Waals surface area contributed by atoms with Crippen LogP contribution in [0.1, 0.15) is 0 Å². The third-order valence-electron chi connectivity index (χ3n) is 3.78. The average Bonchev–Trinajstić information content (AvgIpc) is 2.53. The highest BCUT2D eigenvalue weighted by Gasteiger charge is 2.22. The van der Waals surface area contributed by atoms with Crippen molar-refractivity contribution in [3.8, 4) is 5.75 Å². The minimum atomic E-state index is 0.871. The summed E-state index contributed by atoms with van der Waals surface area (Å²) in [6.07, 6.45) is 2.18. The Balaban J connectivity index is 1.93. The highest BCUT2D eigenvalue weighted by Crippen LogP contribution is 2.46. The first-order valence-electron chi connectivity index (χ1n) is 6.80. The number of anilines is 2. The highest BCUT2D eigenvalue weighted by molar-refractivity contribution is 7.99. The summed E-state index contributed by atoms with van der Waals surface area (Å²) in [6, 6.07) is 14.6. The molecule has 0 saturated heterocycles. The average molecular weight is 295 g/mol. The van der Waals surface area contributed by atoms with Crippen LogP contribution in [0.3, 0.4) is 0 Å². The van der Waals surface area contributed by atoms with Gasteiger partial charge < -0.3 is 10.1 Å². The zero-order valence-corrected chi connectivity index (χ0v) is 12.7. The number of ether oxygens (including phenoxy) is 1. The second-order valence-corrected chi connectivity index (χ2v) is 6.17. The summed E-state index contributed by atoms with van der Waals surface area (Å²) in [5.74, 6) is 0.871. The predicted molar refractivity (Wildman–Crippen MR) is 85.5 cm³/mol. The fraction of sp³-hybridized carbons (Fsp3) is 0.118. The molecule has 1 N–H and O–H groups in total. The zero-order valence-electron chi connectivity index (χ0n) is 11.9. The summed E-state index contributed by atoms with van der Waals surface area (Å²) in [4.78, 5) is 2.47. The molecule has 3 nitrogen and oxygen atoms in total. The molecule has 0 fully saturated rings. The largest absolute Gasteiger partial charge is 0.497 e. The number of methoxy groups -OCH3 is 1. The van der Waals surface area contributed by atoms with Crippen LogP contribution in [0.15, 0.2) is 58.5 Å². The van der Waals surface area contributed by atoms with Crippen molar-refractivity contribution < 1.29 is 9.30 Å². The Morgan fingerprint density at radius 2 is 1.95 bits per heavy atom. The van der Waals surface area contributed by atoms with Crippen molar-refractivity contribution in [1.82, 2.24) is 0 Å². The summed E-state index contributed by atoms with van der Waals surface area (Å²) >= 11 is 1.79. The Bertz CT molecular complexity index is 861. The Morgan fingerprint density at radius 3 is 2.81 bits per heavy atom. The monoisotopic (exact) mass is 295 g/mol. The van der Waals surface area contributed by atoms with Crippen LogP contribution in [-0.2, 0) is 7.05 Å². The van der Waals surface area contributed by atoms with Gasteiger partial charge in [0.05, 0.1) is 23.9 Å². The van der Waals surface area contributed by atoms with Crippen molar-refractivity contribution >= 4 is 34.0 Å². The van der Waals surface area contributed by atoms with Gasteiger partial charge in [0.25, 0.3) is 0 Å². The van der Waals surface area contributed by atoms with Gasteiger partial charge in [-0.05, 0) is 18.2 Å². The van der Waals surface area contributed by atoms with Gasteiger partial charge in [-0.25, -0.2) is 0 Å². The first-order chi connectivity index (χ1) is 10.3. The number of hydrogen-bond donors (Lipinski definition) is 1. The molecule has 1 aliphatic rings. The number of aryl methyl sites for hydroxylation is 1. The van der Waals surface area contributed by atoms with E-state index in [0.29, 0.717) is 0 Å². The topological polar surface area (TPSA) is 25.1 Å². The van der Waals surface area contributed by atoms with Crippen molar-refractivity contribution in [2.24, 2.45) is 7.05 Å². The van der Waals surface area contributed by atoms with Gasteiger partial charge in [-0.15, -0.1) is 0 Å². The van der Waals surface area contributed by atoms with Gasteiger partial charge in [0.1, 0.15) is 17.7 Å². The Labute approximate surface area is 127 Å². The van der Waals surface area contributed by atoms with Crippen LogP contribution in [0, 0.1) is 0 Å². The van der Waals surface area contributed by atoms with Gasteiger partial charge in [-0.2, -0.15) is 4.57 Å². The van der Waals surface area contributed by atoms with E-state index in [9.17, 15) is 0 Å². The zero-order chi connectivity index (χ0) is 14.4. The maximum atomic E-state index is 5.32. The molecule has 0 unspecified atom stereocenters. The lowest BCUT2D eigenvalue weighted by Crippen LogP contribution is -2.29. The van der Waals surface area contributed by atoms with E-state index in [2.05, 4.69) is 53.5 Å². The van der Waals surface area contributed by atoms with E-state index < -0.39 is 0 Å². The van der Waals surface area contributed by atoms with E-state index in [-0.39, 0.29) is 0 Å². The van der Waals surface area contributed by atoms with Gasteiger partial charge in [-0.3, -0.25) is 0 Å². The summed E-state index contributed by atoms with van der Waals surface area (Å²) in [5.41, 5.74) is 3.50.